The number of halogens is 1. The lowest BCUT2D eigenvalue weighted by Gasteiger charge is -2.42. The predicted molar refractivity (Wildman–Crippen MR) is 122 cm³/mol. The third-order valence-electron chi connectivity index (χ3n) is 4.93. The van der Waals surface area contributed by atoms with E-state index in [9.17, 15) is 8.42 Å². The number of rotatable bonds is 6. The molecule has 27 heavy (non-hydrogen) atoms. The molecular formula is C19H33IN4O2S. The summed E-state index contributed by atoms with van der Waals surface area (Å²) < 4.78 is 22.7. The average Bonchev–Trinajstić information content (AvgIpc) is 2.58. The van der Waals surface area contributed by atoms with Crippen LogP contribution in [0, 0.1) is 5.41 Å². The molecule has 0 bridgehead atoms. The Morgan fingerprint density at radius 2 is 1.96 bits per heavy atom. The number of hydrogen-bond acceptors (Lipinski definition) is 3. The number of benzene rings is 1. The van der Waals surface area contributed by atoms with E-state index in [2.05, 4.69) is 31.0 Å². The van der Waals surface area contributed by atoms with Crippen LogP contribution in [-0.2, 0) is 16.6 Å². The Balaban J connectivity index is 0.00000364. The van der Waals surface area contributed by atoms with Gasteiger partial charge in [0, 0.05) is 19.6 Å². The molecule has 1 unspecified atom stereocenters. The van der Waals surface area contributed by atoms with Gasteiger partial charge >= 0.3 is 0 Å². The van der Waals surface area contributed by atoms with Crippen molar-refractivity contribution in [3.05, 3.63) is 29.8 Å². The molecule has 1 aromatic rings. The second kappa shape index (κ2) is 10.6. The highest BCUT2D eigenvalue weighted by molar-refractivity contribution is 14.0. The number of nitrogens with zero attached hydrogens (tertiary/aromatic N) is 2. The van der Waals surface area contributed by atoms with Crippen molar-refractivity contribution >= 4 is 40.0 Å². The molecule has 1 heterocycles. The lowest BCUT2D eigenvalue weighted by molar-refractivity contribution is 0.142. The molecular weight excluding hydrogens is 475 g/mol. The van der Waals surface area contributed by atoms with E-state index >= 15 is 0 Å². The first kappa shape index (κ1) is 24.2. The van der Waals surface area contributed by atoms with E-state index in [0.29, 0.717) is 12.0 Å². The number of primary sulfonamides is 1. The van der Waals surface area contributed by atoms with Crippen molar-refractivity contribution in [3.8, 4) is 0 Å². The SMILES string of the molecule is CCCC1(C)CCCN(C(=NCc2ccc(S(N)(=O)=O)cc2)NCC)C1.I. The van der Waals surface area contributed by atoms with Crippen molar-refractivity contribution in [2.45, 2.75) is 57.9 Å². The minimum Gasteiger partial charge on any atom is -0.357 e. The van der Waals surface area contributed by atoms with Crippen molar-refractivity contribution in [2.75, 3.05) is 19.6 Å². The van der Waals surface area contributed by atoms with E-state index in [0.717, 1.165) is 31.2 Å². The van der Waals surface area contributed by atoms with Gasteiger partial charge in [0.1, 0.15) is 0 Å². The van der Waals surface area contributed by atoms with Gasteiger partial charge in [-0.05, 0) is 49.3 Å². The normalized spacial score (nSPS) is 20.9. The zero-order chi connectivity index (χ0) is 19.2. The predicted octanol–water partition coefficient (Wildman–Crippen LogP) is 3.32. The number of sulfonamides is 1. The van der Waals surface area contributed by atoms with Crippen molar-refractivity contribution < 1.29 is 8.42 Å². The van der Waals surface area contributed by atoms with E-state index < -0.39 is 10.0 Å². The summed E-state index contributed by atoms with van der Waals surface area (Å²) in [6.07, 6.45) is 4.89. The summed E-state index contributed by atoms with van der Waals surface area (Å²) in [4.78, 5) is 7.27. The molecule has 154 valence electrons. The van der Waals surface area contributed by atoms with Crippen LogP contribution in [-0.4, -0.2) is 38.9 Å². The number of aliphatic imine (C=N–C) groups is 1. The molecule has 1 aliphatic heterocycles. The fraction of sp³-hybridized carbons (Fsp3) is 0.632. The fourth-order valence-corrected chi connectivity index (χ4v) is 4.20. The summed E-state index contributed by atoms with van der Waals surface area (Å²) in [5.41, 5.74) is 1.31. The van der Waals surface area contributed by atoms with Crippen molar-refractivity contribution in [3.63, 3.8) is 0 Å². The lowest BCUT2D eigenvalue weighted by Crippen LogP contribution is -2.49. The van der Waals surface area contributed by atoms with Gasteiger partial charge < -0.3 is 10.2 Å². The standard InChI is InChI=1S/C19H32N4O2S.HI/c1-4-11-19(3)12-6-13-23(15-19)18(21-5-2)22-14-16-7-9-17(10-8-16)26(20,24)25;/h7-10H,4-6,11-15H2,1-3H3,(H,21,22)(H2,20,24,25);1H. The first-order chi connectivity index (χ1) is 12.3. The smallest absolute Gasteiger partial charge is 0.238 e. The molecule has 1 aromatic carbocycles. The maximum atomic E-state index is 11.3. The van der Waals surface area contributed by atoms with Crippen LogP contribution in [0.25, 0.3) is 0 Å². The van der Waals surface area contributed by atoms with Crippen LogP contribution in [0.2, 0.25) is 0 Å². The minimum absolute atomic E-state index is 0. The molecule has 1 atom stereocenters. The largest absolute Gasteiger partial charge is 0.357 e. The summed E-state index contributed by atoms with van der Waals surface area (Å²) in [6, 6.07) is 6.60. The Kier molecular flexibility index (Phi) is 9.50. The van der Waals surface area contributed by atoms with Crippen LogP contribution >= 0.6 is 24.0 Å². The number of nitrogens with two attached hydrogens (primary N) is 1. The molecule has 0 amide bonds. The summed E-state index contributed by atoms with van der Waals surface area (Å²) in [7, 11) is -3.65. The molecule has 0 radical (unpaired) electrons. The summed E-state index contributed by atoms with van der Waals surface area (Å²) in [6.45, 7) is 10.1. The van der Waals surface area contributed by atoms with Gasteiger partial charge in [-0.3, -0.25) is 0 Å². The maximum absolute atomic E-state index is 11.3. The third kappa shape index (κ3) is 7.23. The van der Waals surface area contributed by atoms with Crippen LogP contribution in [0.1, 0.15) is 52.0 Å². The first-order valence-electron chi connectivity index (χ1n) is 9.42. The zero-order valence-corrected chi connectivity index (χ0v) is 19.7. The molecule has 1 aliphatic rings. The van der Waals surface area contributed by atoms with E-state index in [4.69, 9.17) is 10.1 Å². The molecule has 0 saturated carbocycles. The molecule has 0 spiro atoms. The zero-order valence-electron chi connectivity index (χ0n) is 16.6. The van der Waals surface area contributed by atoms with Gasteiger partial charge in [0.05, 0.1) is 11.4 Å². The highest BCUT2D eigenvalue weighted by Crippen LogP contribution is 2.33. The van der Waals surface area contributed by atoms with Crippen molar-refractivity contribution in [2.24, 2.45) is 15.5 Å². The maximum Gasteiger partial charge on any atom is 0.238 e. The van der Waals surface area contributed by atoms with E-state index in [1.165, 1.54) is 37.8 Å². The molecule has 6 nitrogen and oxygen atoms in total. The van der Waals surface area contributed by atoms with Gasteiger partial charge in [-0.2, -0.15) is 0 Å². The molecule has 2 rings (SSSR count). The number of guanidine groups is 1. The minimum atomic E-state index is -3.65. The van der Waals surface area contributed by atoms with Gasteiger partial charge in [-0.25, -0.2) is 18.5 Å². The number of hydrogen-bond donors (Lipinski definition) is 2. The first-order valence-corrected chi connectivity index (χ1v) is 11.0. The highest BCUT2D eigenvalue weighted by atomic mass is 127. The van der Waals surface area contributed by atoms with Crippen LogP contribution in [0.5, 0.6) is 0 Å². The van der Waals surface area contributed by atoms with Crippen LogP contribution < -0.4 is 10.5 Å². The van der Waals surface area contributed by atoms with Crippen LogP contribution in [0.15, 0.2) is 34.2 Å². The second-order valence-electron chi connectivity index (χ2n) is 7.44. The van der Waals surface area contributed by atoms with Gasteiger partial charge in [0.15, 0.2) is 5.96 Å². The van der Waals surface area contributed by atoms with Crippen LogP contribution in [0.4, 0.5) is 0 Å². The van der Waals surface area contributed by atoms with Gasteiger partial charge in [0.2, 0.25) is 10.0 Å². The van der Waals surface area contributed by atoms with Crippen molar-refractivity contribution in [1.29, 1.82) is 0 Å². The number of likely N-dealkylation sites (tertiary alicyclic amines) is 1. The Morgan fingerprint density at radius 3 is 2.52 bits per heavy atom. The lowest BCUT2D eigenvalue weighted by atomic mass is 9.78. The average molecular weight is 508 g/mol. The molecule has 0 aromatic heterocycles. The molecule has 3 N–H and O–H groups in total. The molecule has 1 saturated heterocycles. The molecule has 8 heteroatoms. The highest BCUT2D eigenvalue weighted by Gasteiger charge is 2.31. The van der Waals surface area contributed by atoms with E-state index in [1.807, 2.05) is 0 Å². The Morgan fingerprint density at radius 1 is 1.30 bits per heavy atom. The topological polar surface area (TPSA) is 87.8 Å². The molecule has 0 aliphatic carbocycles. The third-order valence-corrected chi connectivity index (χ3v) is 5.86. The van der Waals surface area contributed by atoms with Gasteiger partial charge in [0.25, 0.3) is 0 Å². The van der Waals surface area contributed by atoms with Crippen molar-refractivity contribution in [1.82, 2.24) is 10.2 Å². The Bertz CT molecular complexity index is 718. The number of piperidine rings is 1. The van der Waals surface area contributed by atoms with Crippen LogP contribution in [0.3, 0.4) is 0 Å². The molecule has 1 fully saturated rings. The van der Waals surface area contributed by atoms with Gasteiger partial charge in [-0.15, -0.1) is 24.0 Å². The van der Waals surface area contributed by atoms with E-state index in [1.54, 1.807) is 12.1 Å². The summed E-state index contributed by atoms with van der Waals surface area (Å²) >= 11 is 0. The summed E-state index contributed by atoms with van der Waals surface area (Å²) in [5.74, 6) is 0.935. The quantitative estimate of drug-likeness (QED) is 0.351. The fourth-order valence-electron chi connectivity index (χ4n) is 3.68. The number of nitrogens with one attached hydrogen (secondary N) is 1. The Hall–Kier alpha value is -0.870. The van der Waals surface area contributed by atoms with Gasteiger partial charge in [-0.1, -0.05) is 32.4 Å². The summed E-state index contributed by atoms with van der Waals surface area (Å²) in [5, 5.41) is 8.54. The Labute approximate surface area is 181 Å². The monoisotopic (exact) mass is 508 g/mol. The van der Waals surface area contributed by atoms with E-state index in [-0.39, 0.29) is 28.9 Å². The second-order valence-corrected chi connectivity index (χ2v) is 9.01.